The Morgan fingerprint density at radius 2 is 1.53 bits per heavy atom. The maximum atomic E-state index is 14.7. The van der Waals surface area contributed by atoms with E-state index in [0.29, 0.717) is 17.0 Å². The number of ether oxygens (including phenoxy) is 1. The van der Waals surface area contributed by atoms with Gasteiger partial charge in [0.15, 0.2) is 0 Å². The SMILES string of the molecule is CC[C@H](C)NC(=O)[C@H](Cc1ccccc1)N(Cc1cccc(Cl)c1)C(=O)CN(c1cc(Cl)ccc1OC)S(=O)(=O)c1ccc(C)cc1. The smallest absolute Gasteiger partial charge is 0.264 e. The van der Waals surface area contributed by atoms with Crippen LogP contribution in [-0.2, 0) is 32.6 Å². The van der Waals surface area contributed by atoms with Crippen LogP contribution in [0.5, 0.6) is 5.75 Å². The summed E-state index contributed by atoms with van der Waals surface area (Å²) in [6.07, 6.45) is 0.879. The van der Waals surface area contributed by atoms with Crippen LogP contribution in [0.4, 0.5) is 5.69 Å². The van der Waals surface area contributed by atoms with Gasteiger partial charge in [-0.1, -0.05) is 90.3 Å². The predicted molar refractivity (Wildman–Crippen MR) is 188 cm³/mol. The summed E-state index contributed by atoms with van der Waals surface area (Å²) in [5.41, 5.74) is 2.46. The van der Waals surface area contributed by atoms with Crippen LogP contribution in [0.1, 0.15) is 37.0 Å². The van der Waals surface area contributed by atoms with Gasteiger partial charge in [-0.15, -0.1) is 0 Å². The highest BCUT2D eigenvalue weighted by Gasteiger charge is 2.36. The summed E-state index contributed by atoms with van der Waals surface area (Å²) < 4.78 is 35.2. The Bertz CT molecular complexity index is 1790. The highest BCUT2D eigenvalue weighted by Crippen LogP contribution is 2.35. The maximum absolute atomic E-state index is 14.7. The van der Waals surface area contributed by atoms with Gasteiger partial charge in [0.1, 0.15) is 18.3 Å². The number of carbonyl (C=O) groups is 2. The number of sulfonamides is 1. The van der Waals surface area contributed by atoms with Gasteiger partial charge in [0.25, 0.3) is 10.0 Å². The number of benzene rings is 4. The van der Waals surface area contributed by atoms with Crippen molar-refractivity contribution in [3.8, 4) is 5.75 Å². The van der Waals surface area contributed by atoms with Gasteiger partial charge in [0.05, 0.1) is 17.7 Å². The molecular formula is C36H39Cl2N3O5S. The number of anilines is 1. The molecule has 0 aliphatic heterocycles. The fraction of sp³-hybridized carbons (Fsp3) is 0.278. The van der Waals surface area contributed by atoms with E-state index < -0.39 is 28.5 Å². The van der Waals surface area contributed by atoms with Gasteiger partial charge in [-0.25, -0.2) is 8.42 Å². The molecule has 4 aromatic rings. The first-order valence-electron chi connectivity index (χ1n) is 15.2. The molecule has 2 amide bonds. The number of rotatable bonds is 14. The highest BCUT2D eigenvalue weighted by molar-refractivity contribution is 7.92. The fourth-order valence-corrected chi connectivity index (χ4v) is 6.83. The van der Waals surface area contributed by atoms with Crippen LogP contribution in [0.3, 0.4) is 0 Å². The van der Waals surface area contributed by atoms with Crippen molar-refractivity contribution in [2.75, 3.05) is 18.0 Å². The molecule has 47 heavy (non-hydrogen) atoms. The molecule has 11 heteroatoms. The number of hydrogen-bond donors (Lipinski definition) is 1. The van der Waals surface area contributed by atoms with Gasteiger partial charge < -0.3 is 15.0 Å². The van der Waals surface area contributed by atoms with Crippen LogP contribution in [0.25, 0.3) is 0 Å². The Balaban J connectivity index is 1.86. The molecule has 0 saturated heterocycles. The summed E-state index contributed by atoms with van der Waals surface area (Å²) in [7, 11) is -2.92. The summed E-state index contributed by atoms with van der Waals surface area (Å²) in [6, 6.07) is 26.1. The molecule has 2 atom stereocenters. The fourth-order valence-electron chi connectivity index (χ4n) is 5.04. The minimum atomic E-state index is -4.33. The molecule has 4 aromatic carbocycles. The number of halogens is 2. The number of nitrogens with zero attached hydrogens (tertiary/aromatic N) is 2. The van der Waals surface area contributed by atoms with Crippen molar-refractivity contribution in [2.45, 2.75) is 57.1 Å². The zero-order valence-corrected chi connectivity index (χ0v) is 29.1. The molecule has 0 aliphatic carbocycles. The predicted octanol–water partition coefficient (Wildman–Crippen LogP) is 7.06. The lowest BCUT2D eigenvalue weighted by Crippen LogP contribution is -2.54. The van der Waals surface area contributed by atoms with E-state index in [1.54, 1.807) is 48.5 Å². The second-order valence-electron chi connectivity index (χ2n) is 11.3. The van der Waals surface area contributed by atoms with Crippen LogP contribution in [0.2, 0.25) is 10.0 Å². The number of amides is 2. The lowest BCUT2D eigenvalue weighted by atomic mass is 10.0. The van der Waals surface area contributed by atoms with E-state index in [4.69, 9.17) is 27.9 Å². The standard InChI is InChI=1S/C36H39Cl2N3O5S/c1-5-26(3)39-36(43)33(21-27-10-7-6-8-11-27)40(23-28-12-9-13-29(37)20-28)35(42)24-41(32-22-30(38)16-19-34(32)46-4)47(44,45)31-17-14-25(2)15-18-31/h6-20,22,26,33H,5,21,23-24H2,1-4H3,(H,39,43)/t26-,33-/m0/s1. The lowest BCUT2D eigenvalue weighted by Gasteiger charge is -2.34. The van der Waals surface area contributed by atoms with Gasteiger partial charge in [-0.3, -0.25) is 13.9 Å². The van der Waals surface area contributed by atoms with Crippen molar-refractivity contribution in [1.82, 2.24) is 10.2 Å². The average molecular weight is 697 g/mol. The minimum Gasteiger partial charge on any atom is -0.495 e. The summed E-state index contributed by atoms with van der Waals surface area (Å²) in [5.74, 6) is -0.760. The van der Waals surface area contributed by atoms with Crippen molar-refractivity contribution < 1.29 is 22.7 Å². The van der Waals surface area contributed by atoms with Gasteiger partial charge in [0, 0.05) is 29.1 Å². The van der Waals surface area contributed by atoms with E-state index in [1.165, 1.54) is 30.2 Å². The first-order valence-corrected chi connectivity index (χ1v) is 17.4. The molecule has 0 heterocycles. The van der Waals surface area contributed by atoms with Crippen LogP contribution < -0.4 is 14.4 Å². The van der Waals surface area contributed by atoms with E-state index >= 15 is 0 Å². The van der Waals surface area contributed by atoms with Gasteiger partial charge in [-0.2, -0.15) is 0 Å². The van der Waals surface area contributed by atoms with Gasteiger partial charge in [0.2, 0.25) is 11.8 Å². The van der Waals surface area contributed by atoms with Crippen molar-refractivity contribution in [2.24, 2.45) is 0 Å². The summed E-state index contributed by atoms with van der Waals surface area (Å²) >= 11 is 12.7. The molecule has 0 unspecified atom stereocenters. The molecule has 0 bridgehead atoms. The minimum absolute atomic E-state index is 0.00405. The molecule has 8 nitrogen and oxygen atoms in total. The first-order chi connectivity index (χ1) is 22.4. The molecule has 0 spiro atoms. The van der Waals surface area contributed by atoms with Crippen LogP contribution in [0, 0.1) is 6.92 Å². The largest absolute Gasteiger partial charge is 0.495 e. The molecule has 0 aliphatic rings. The lowest BCUT2D eigenvalue weighted by molar-refractivity contribution is -0.140. The zero-order chi connectivity index (χ0) is 34.1. The third kappa shape index (κ3) is 9.28. The third-order valence-corrected chi connectivity index (χ3v) is 10.1. The van der Waals surface area contributed by atoms with Crippen LogP contribution in [0.15, 0.2) is 102 Å². The van der Waals surface area contributed by atoms with E-state index in [-0.39, 0.29) is 46.3 Å². The Hall–Kier alpha value is -4.05. The molecule has 0 aromatic heterocycles. The number of carbonyl (C=O) groups excluding carboxylic acids is 2. The molecule has 0 fully saturated rings. The van der Waals surface area contributed by atoms with E-state index in [0.717, 1.165) is 15.4 Å². The van der Waals surface area contributed by atoms with Crippen molar-refractivity contribution in [3.63, 3.8) is 0 Å². The Labute approximate surface area is 287 Å². The molecule has 1 N–H and O–H groups in total. The first kappa shape index (κ1) is 35.8. The number of hydrogen-bond acceptors (Lipinski definition) is 5. The third-order valence-electron chi connectivity index (χ3n) is 7.81. The van der Waals surface area contributed by atoms with Crippen molar-refractivity contribution >= 4 is 50.7 Å². The summed E-state index contributed by atoms with van der Waals surface area (Å²) in [5, 5.41) is 3.74. The van der Waals surface area contributed by atoms with Gasteiger partial charge in [-0.05, 0) is 73.9 Å². The zero-order valence-electron chi connectivity index (χ0n) is 26.8. The molecule has 0 radical (unpaired) electrons. The monoisotopic (exact) mass is 695 g/mol. The van der Waals surface area contributed by atoms with Crippen LogP contribution >= 0.6 is 23.2 Å². The summed E-state index contributed by atoms with van der Waals surface area (Å²) in [6.45, 7) is 5.05. The maximum Gasteiger partial charge on any atom is 0.264 e. The molecule has 4 rings (SSSR count). The molecule has 248 valence electrons. The van der Waals surface area contributed by atoms with Gasteiger partial charge >= 0.3 is 0 Å². The quantitative estimate of drug-likeness (QED) is 0.152. The number of aryl methyl sites for hydroxylation is 1. The Morgan fingerprint density at radius 3 is 2.17 bits per heavy atom. The van der Waals surface area contributed by atoms with E-state index in [9.17, 15) is 18.0 Å². The van der Waals surface area contributed by atoms with Crippen molar-refractivity contribution in [1.29, 1.82) is 0 Å². The highest BCUT2D eigenvalue weighted by atomic mass is 35.5. The van der Waals surface area contributed by atoms with Crippen LogP contribution in [-0.4, -0.2) is 50.9 Å². The number of nitrogens with one attached hydrogen (secondary N) is 1. The van der Waals surface area contributed by atoms with E-state index in [1.807, 2.05) is 51.1 Å². The van der Waals surface area contributed by atoms with E-state index in [2.05, 4.69) is 5.32 Å². The second kappa shape index (κ2) is 16.2. The normalized spacial score (nSPS) is 12.6. The average Bonchev–Trinajstić information content (AvgIpc) is 3.05. The topological polar surface area (TPSA) is 96.0 Å². The Kier molecular flexibility index (Phi) is 12.3. The molecular weight excluding hydrogens is 657 g/mol. The Morgan fingerprint density at radius 1 is 0.872 bits per heavy atom. The second-order valence-corrected chi connectivity index (χ2v) is 14.1. The number of methoxy groups -OCH3 is 1. The van der Waals surface area contributed by atoms with Crippen molar-refractivity contribution in [3.05, 3.63) is 124 Å². The molecule has 0 saturated carbocycles. The summed E-state index contributed by atoms with van der Waals surface area (Å²) in [4.78, 5) is 30.0.